The number of carboxylic acid groups (broad SMARTS) is 1. The Morgan fingerprint density at radius 1 is 1.26 bits per heavy atom. The molecule has 1 saturated heterocycles. The SMILES string of the molecule is CCC(OC1OC(C(N)=O)[C@@H](O)C(O)[C@H]1O)C(=O)O. The molecule has 9 nitrogen and oxygen atoms in total. The molecule has 0 spiro atoms. The van der Waals surface area contributed by atoms with E-state index in [1.54, 1.807) is 0 Å². The van der Waals surface area contributed by atoms with E-state index in [0.717, 1.165) is 0 Å². The van der Waals surface area contributed by atoms with Gasteiger partial charge in [0, 0.05) is 0 Å². The maximum atomic E-state index is 11.0. The van der Waals surface area contributed by atoms with E-state index >= 15 is 0 Å². The van der Waals surface area contributed by atoms with Crippen LogP contribution in [0.3, 0.4) is 0 Å². The van der Waals surface area contributed by atoms with E-state index in [1.165, 1.54) is 6.92 Å². The molecule has 1 heterocycles. The molecule has 1 amide bonds. The predicted molar refractivity (Wildman–Crippen MR) is 58.7 cm³/mol. The van der Waals surface area contributed by atoms with Gasteiger partial charge in [-0.15, -0.1) is 0 Å². The molecule has 6 N–H and O–H groups in total. The van der Waals surface area contributed by atoms with Gasteiger partial charge in [0.1, 0.15) is 18.3 Å². The number of nitrogens with two attached hydrogens (primary N) is 1. The Balaban J connectivity index is 2.82. The lowest BCUT2D eigenvalue weighted by Crippen LogP contribution is -2.62. The summed E-state index contributed by atoms with van der Waals surface area (Å²) in [5.41, 5.74) is 4.96. The van der Waals surface area contributed by atoms with Crippen molar-refractivity contribution in [3.63, 3.8) is 0 Å². The van der Waals surface area contributed by atoms with Crippen LogP contribution in [0.4, 0.5) is 0 Å². The summed E-state index contributed by atoms with van der Waals surface area (Å²) < 4.78 is 9.87. The van der Waals surface area contributed by atoms with E-state index in [0.29, 0.717) is 0 Å². The zero-order valence-corrected chi connectivity index (χ0v) is 10.2. The third-order valence-electron chi connectivity index (χ3n) is 2.79. The second-order valence-corrected chi connectivity index (χ2v) is 4.17. The van der Waals surface area contributed by atoms with Crippen molar-refractivity contribution < 1.29 is 39.5 Å². The van der Waals surface area contributed by atoms with E-state index < -0.39 is 48.7 Å². The van der Waals surface area contributed by atoms with Crippen LogP contribution in [-0.2, 0) is 19.1 Å². The second kappa shape index (κ2) is 6.26. The lowest BCUT2D eigenvalue weighted by molar-refractivity contribution is -0.299. The predicted octanol–water partition coefficient (Wildman–Crippen LogP) is -2.84. The number of amides is 1. The second-order valence-electron chi connectivity index (χ2n) is 4.17. The number of hydrogen-bond acceptors (Lipinski definition) is 7. The maximum absolute atomic E-state index is 11.0. The lowest BCUT2D eigenvalue weighted by Gasteiger charge is -2.39. The fourth-order valence-corrected chi connectivity index (χ4v) is 1.69. The van der Waals surface area contributed by atoms with Crippen molar-refractivity contribution in [1.29, 1.82) is 0 Å². The summed E-state index contributed by atoms with van der Waals surface area (Å²) in [6.07, 6.45) is -9.50. The molecule has 110 valence electrons. The maximum Gasteiger partial charge on any atom is 0.332 e. The van der Waals surface area contributed by atoms with E-state index in [9.17, 15) is 24.9 Å². The molecular weight excluding hydrogens is 262 g/mol. The van der Waals surface area contributed by atoms with Crippen molar-refractivity contribution in [2.45, 2.75) is 50.2 Å². The van der Waals surface area contributed by atoms with Crippen molar-refractivity contribution in [3.8, 4) is 0 Å². The largest absolute Gasteiger partial charge is 0.479 e. The molecule has 4 unspecified atom stereocenters. The van der Waals surface area contributed by atoms with Gasteiger partial charge >= 0.3 is 5.97 Å². The van der Waals surface area contributed by atoms with E-state index in [1.807, 2.05) is 0 Å². The Labute approximate surface area is 108 Å². The molecule has 0 aliphatic carbocycles. The summed E-state index contributed by atoms with van der Waals surface area (Å²) in [7, 11) is 0. The van der Waals surface area contributed by atoms with Gasteiger partial charge in [0.05, 0.1) is 0 Å². The van der Waals surface area contributed by atoms with Crippen LogP contribution >= 0.6 is 0 Å². The van der Waals surface area contributed by atoms with E-state index in [4.69, 9.17) is 20.3 Å². The number of rotatable bonds is 5. The summed E-state index contributed by atoms with van der Waals surface area (Å²) in [5.74, 6) is -2.34. The van der Waals surface area contributed by atoms with Crippen molar-refractivity contribution in [2.75, 3.05) is 0 Å². The third-order valence-corrected chi connectivity index (χ3v) is 2.79. The monoisotopic (exact) mass is 279 g/mol. The van der Waals surface area contributed by atoms with Crippen LogP contribution < -0.4 is 5.73 Å². The molecule has 1 fully saturated rings. The molecule has 6 atom stereocenters. The number of aliphatic hydroxyl groups is 3. The first-order valence-electron chi connectivity index (χ1n) is 5.66. The first-order chi connectivity index (χ1) is 8.79. The van der Waals surface area contributed by atoms with Crippen LogP contribution in [0.15, 0.2) is 0 Å². The van der Waals surface area contributed by atoms with Gasteiger partial charge in [0.25, 0.3) is 0 Å². The van der Waals surface area contributed by atoms with Crippen LogP contribution in [0, 0.1) is 0 Å². The number of carboxylic acids is 1. The fourth-order valence-electron chi connectivity index (χ4n) is 1.69. The molecule has 1 aliphatic rings. The highest BCUT2D eigenvalue weighted by Crippen LogP contribution is 2.23. The minimum atomic E-state index is -1.73. The number of ether oxygens (including phenoxy) is 2. The Kier molecular flexibility index (Phi) is 5.20. The Morgan fingerprint density at radius 3 is 2.26 bits per heavy atom. The fraction of sp³-hybridized carbons (Fsp3) is 0.800. The number of hydrogen-bond donors (Lipinski definition) is 5. The average Bonchev–Trinajstić information content (AvgIpc) is 2.34. The molecule has 19 heavy (non-hydrogen) atoms. The zero-order chi connectivity index (χ0) is 14.7. The van der Waals surface area contributed by atoms with Crippen molar-refractivity contribution in [2.24, 2.45) is 5.73 Å². The topological polar surface area (TPSA) is 160 Å². The van der Waals surface area contributed by atoms with Gasteiger partial charge in [0.2, 0.25) is 5.91 Å². The molecule has 0 bridgehead atoms. The molecule has 1 rings (SSSR count). The van der Waals surface area contributed by atoms with E-state index in [-0.39, 0.29) is 6.42 Å². The average molecular weight is 279 g/mol. The standard InChI is InChI=1S/C10H17NO8/c1-2-3(9(16)17)18-10-6(14)4(12)5(13)7(19-10)8(11)15/h3-7,10,12-14H,2H2,1H3,(H2,11,15)(H,16,17)/t3?,4?,5-,6+,7?,10?/m0/s1. The smallest absolute Gasteiger partial charge is 0.332 e. The summed E-state index contributed by atoms with van der Waals surface area (Å²) >= 11 is 0. The van der Waals surface area contributed by atoms with Crippen LogP contribution in [-0.4, -0.2) is 69.1 Å². The Hall–Kier alpha value is -1.26. The first-order valence-corrected chi connectivity index (χ1v) is 5.66. The molecular formula is C10H17NO8. The Bertz CT molecular complexity index is 346. The van der Waals surface area contributed by atoms with Gasteiger partial charge in [-0.25, -0.2) is 4.79 Å². The molecule has 0 aromatic heterocycles. The molecule has 9 heteroatoms. The molecule has 0 saturated carbocycles. The van der Waals surface area contributed by atoms with E-state index in [2.05, 4.69) is 0 Å². The van der Waals surface area contributed by atoms with Crippen molar-refractivity contribution >= 4 is 11.9 Å². The summed E-state index contributed by atoms with van der Waals surface area (Å²) in [4.78, 5) is 21.8. The van der Waals surface area contributed by atoms with Gasteiger partial charge in [-0.3, -0.25) is 4.79 Å². The number of aliphatic carboxylic acids is 1. The minimum absolute atomic E-state index is 0.0851. The first kappa shape index (κ1) is 15.8. The quantitative estimate of drug-likeness (QED) is 0.359. The van der Waals surface area contributed by atoms with Crippen LogP contribution in [0.2, 0.25) is 0 Å². The Morgan fingerprint density at radius 2 is 1.84 bits per heavy atom. The van der Waals surface area contributed by atoms with Crippen molar-refractivity contribution in [3.05, 3.63) is 0 Å². The minimum Gasteiger partial charge on any atom is -0.479 e. The van der Waals surface area contributed by atoms with Gasteiger partial charge in [0.15, 0.2) is 18.5 Å². The van der Waals surface area contributed by atoms with Gasteiger partial charge in [-0.05, 0) is 6.42 Å². The van der Waals surface area contributed by atoms with Gasteiger partial charge in [-0.2, -0.15) is 0 Å². The van der Waals surface area contributed by atoms with Gasteiger partial charge in [-0.1, -0.05) is 6.92 Å². The van der Waals surface area contributed by atoms with Crippen LogP contribution in [0.5, 0.6) is 0 Å². The highest BCUT2D eigenvalue weighted by atomic mass is 16.7. The highest BCUT2D eigenvalue weighted by molar-refractivity contribution is 5.79. The van der Waals surface area contributed by atoms with Gasteiger partial charge < -0.3 is 35.6 Å². The molecule has 0 aromatic carbocycles. The number of carbonyl (C=O) groups is 2. The van der Waals surface area contributed by atoms with Crippen LogP contribution in [0.1, 0.15) is 13.3 Å². The highest BCUT2D eigenvalue weighted by Gasteiger charge is 2.47. The lowest BCUT2D eigenvalue weighted by atomic mass is 9.98. The summed E-state index contributed by atoms with van der Waals surface area (Å²) in [5, 5.41) is 37.5. The third kappa shape index (κ3) is 3.39. The number of aliphatic hydroxyl groups excluding tert-OH is 3. The number of primary amides is 1. The van der Waals surface area contributed by atoms with Crippen LogP contribution in [0.25, 0.3) is 0 Å². The summed E-state index contributed by atoms with van der Waals surface area (Å²) in [6, 6.07) is 0. The zero-order valence-electron chi connectivity index (χ0n) is 10.2. The summed E-state index contributed by atoms with van der Waals surface area (Å²) in [6.45, 7) is 1.53. The molecule has 1 aliphatic heterocycles. The normalized spacial score (nSPS) is 36.7. The number of carbonyl (C=O) groups excluding carboxylic acids is 1. The molecule has 0 radical (unpaired) electrons. The molecule has 0 aromatic rings. The van der Waals surface area contributed by atoms with Crippen molar-refractivity contribution in [1.82, 2.24) is 0 Å².